The van der Waals surface area contributed by atoms with Gasteiger partial charge in [-0.15, -0.1) is 0 Å². The summed E-state index contributed by atoms with van der Waals surface area (Å²) in [6, 6.07) is 18.8. The van der Waals surface area contributed by atoms with Crippen molar-refractivity contribution in [3.05, 3.63) is 82.9 Å². The zero-order valence-corrected chi connectivity index (χ0v) is 15.9. The Bertz CT molecular complexity index is 833. The maximum absolute atomic E-state index is 12.8. The van der Waals surface area contributed by atoms with E-state index in [1.807, 2.05) is 60.7 Å². The summed E-state index contributed by atoms with van der Waals surface area (Å²) in [6.07, 6.45) is 1.66. The summed E-state index contributed by atoms with van der Waals surface area (Å²) in [5, 5.41) is 0. The molecule has 2 aromatic rings. The first-order valence-corrected chi connectivity index (χ1v) is 8.96. The Hall–Kier alpha value is -3.14. The van der Waals surface area contributed by atoms with Gasteiger partial charge in [-0.2, -0.15) is 0 Å². The van der Waals surface area contributed by atoms with Gasteiger partial charge in [-0.3, -0.25) is 0 Å². The zero-order chi connectivity index (χ0) is 19.6. The second kappa shape index (κ2) is 10.1. The summed E-state index contributed by atoms with van der Waals surface area (Å²) in [5.41, 5.74) is 2.68. The molecule has 0 radical (unpaired) electrons. The minimum atomic E-state index is -0.556. The predicted octanol–water partition coefficient (Wildman–Crippen LogP) is 4.67. The molecule has 4 nitrogen and oxygen atoms in total. The first-order chi connectivity index (χ1) is 13.1. The molecule has 2 aromatic carbocycles. The number of esters is 2. The van der Waals surface area contributed by atoms with Crippen molar-refractivity contribution in [1.29, 1.82) is 0 Å². The van der Waals surface area contributed by atoms with Crippen LogP contribution < -0.4 is 0 Å². The van der Waals surface area contributed by atoms with Crippen LogP contribution in [0.5, 0.6) is 0 Å². The van der Waals surface area contributed by atoms with Crippen LogP contribution in [0.4, 0.5) is 0 Å². The number of allylic oxidation sites excluding steroid dienone is 1. The van der Waals surface area contributed by atoms with E-state index in [9.17, 15) is 9.59 Å². The largest absolute Gasteiger partial charge is 0.462 e. The number of hydrogen-bond donors (Lipinski definition) is 0. The summed E-state index contributed by atoms with van der Waals surface area (Å²) in [4.78, 5) is 25.5. The van der Waals surface area contributed by atoms with Gasteiger partial charge in [0.2, 0.25) is 0 Å². The molecule has 0 atom stereocenters. The SMILES string of the molecule is CCOC(=O)C(=C\c1ccccc1)/C(C(=O)OCC)=C(\C)c1ccccc1. The first kappa shape index (κ1) is 20.2. The maximum Gasteiger partial charge on any atom is 0.339 e. The van der Waals surface area contributed by atoms with Gasteiger partial charge in [0.1, 0.15) is 0 Å². The Kier molecular flexibility index (Phi) is 7.56. The summed E-state index contributed by atoms with van der Waals surface area (Å²) in [7, 11) is 0. The van der Waals surface area contributed by atoms with Crippen molar-refractivity contribution in [3.8, 4) is 0 Å². The van der Waals surface area contributed by atoms with E-state index in [-0.39, 0.29) is 24.4 Å². The van der Waals surface area contributed by atoms with Crippen molar-refractivity contribution in [1.82, 2.24) is 0 Å². The Balaban J connectivity index is 2.68. The van der Waals surface area contributed by atoms with Crippen molar-refractivity contribution in [2.45, 2.75) is 20.8 Å². The van der Waals surface area contributed by atoms with E-state index in [4.69, 9.17) is 9.47 Å². The highest BCUT2D eigenvalue weighted by molar-refractivity contribution is 6.14. The number of benzene rings is 2. The van der Waals surface area contributed by atoms with E-state index in [0.717, 1.165) is 11.1 Å². The molecule has 0 unspecified atom stereocenters. The van der Waals surface area contributed by atoms with Crippen LogP contribution >= 0.6 is 0 Å². The van der Waals surface area contributed by atoms with Crippen LogP contribution in [-0.4, -0.2) is 25.2 Å². The highest BCUT2D eigenvalue weighted by atomic mass is 16.5. The van der Waals surface area contributed by atoms with Gasteiger partial charge >= 0.3 is 11.9 Å². The molecule has 0 bridgehead atoms. The van der Waals surface area contributed by atoms with Gasteiger partial charge in [0, 0.05) is 0 Å². The molecule has 27 heavy (non-hydrogen) atoms. The van der Waals surface area contributed by atoms with E-state index in [2.05, 4.69) is 0 Å². The highest BCUT2D eigenvalue weighted by Gasteiger charge is 2.26. The number of carbonyl (C=O) groups excluding carboxylic acids is 2. The molecule has 0 aliphatic rings. The fourth-order valence-electron chi connectivity index (χ4n) is 2.66. The van der Waals surface area contributed by atoms with E-state index in [0.29, 0.717) is 5.57 Å². The maximum atomic E-state index is 12.8. The minimum Gasteiger partial charge on any atom is -0.462 e. The third-order valence-corrected chi connectivity index (χ3v) is 3.94. The fraction of sp³-hybridized carbons (Fsp3) is 0.217. The van der Waals surface area contributed by atoms with Crippen LogP contribution in [0.15, 0.2) is 71.8 Å². The molecule has 0 N–H and O–H groups in total. The van der Waals surface area contributed by atoms with Crippen LogP contribution in [0, 0.1) is 0 Å². The van der Waals surface area contributed by atoms with Gasteiger partial charge in [0.05, 0.1) is 24.4 Å². The molecule has 0 aromatic heterocycles. The Morgan fingerprint density at radius 3 is 1.89 bits per heavy atom. The van der Waals surface area contributed by atoms with E-state index in [1.54, 1.807) is 26.8 Å². The van der Waals surface area contributed by atoms with Crippen LogP contribution in [0.3, 0.4) is 0 Å². The lowest BCUT2D eigenvalue weighted by molar-refractivity contribution is -0.142. The molecule has 140 valence electrons. The third-order valence-electron chi connectivity index (χ3n) is 3.94. The molecule has 0 saturated carbocycles. The van der Waals surface area contributed by atoms with Crippen molar-refractivity contribution >= 4 is 23.6 Å². The lowest BCUT2D eigenvalue weighted by Gasteiger charge is -2.15. The van der Waals surface area contributed by atoms with Crippen LogP contribution in [0.2, 0.25) is 0 Å². The van der Waals surface area contributed by atoms with Gasteiger partial charge in [0.25, 0.3) is 0 Å². The normalized spacial score (nSPS) is 12.2. The van der Waals surface area contributed by atoms with E-state index in [1.165, 1.54) is 0 Å². The average Bonchev–Trinajstić information content (AvgIpc) is 2.69. The van der Waals surface area contributed by atoms with E-state index < -0.39 is 11.9 Å². The molecule has 0 saturated heterocycles. The molecule has 0 fully saturated rings. The lowest BCUT2D eigenvalue weighted by atomic mass is 9.94. The lowest BCUT2D eigenvalue weighted by Crippen LogP contribution is -2.18. The number of ether oxygens (including phenoxy) is 2. The predicted molar refractivity (Wildman–Crippen MR) is 107 cm³/mol. The molecule has 0 aliphatic heterocycles. The fourth-order valence-corrected chi connectivity index (χ4v) is 2.66. The van der Waals surface area contributed by atoms with Gasteiger partial charge in [0.15, 0.2) is 0 Å². The van der Waals surface area contributed by atoms with Crippen molar-refractivity contribution < 1.29 is 19.1 Å². The third kappa shape index (κ3) is 5.42. The van der Waals surface area contributed by atoms with Crippen LogP contribution in [-0.2, 0) is 19.1 Å². The zero-order valence-electron chi connectivity index (χ0n) is 15.9. The monoisotopic (exact) mass is 364 g/mol. The molecule has 0 spiro atoms. The second-order valence-corrected chi connectivity index (χ2v) is 5.78. The van der Waals surface area contributed by atoms with Gasteiger partial charge in [-0.25, -0.2) is 9.59 Å². The number of hydrogen-bond acceptors (Lipinski definition) is 4. The number of rotatable bonds is 7. The number of carbonyl (C=O) groups is 2. The molecule has 0 aliphatic carbocycles. The summed E-state index contributed by atoms with van der Waals surface area (Å²) < 4.78 is 10.5. The van der Waals surface area contributed by atoms with Crippen molar-refractivity contribution in [2.75, 3.05) is 13.2 Å². The molecular formula is C23H24O4. The van der Waals surface area contributed by atoms with Crippen molar-refractivity contribution in [3.63, 3.8) is 0 Å². The van der Waals surface area contributed by atoms with Gasteiger partial charge < -0.3 is 9.47 Å². The van der Waals surface area contributed by atoms with Gasteiger partial charge in [-0.1, -0.05) is 60.7 Å². The summed E-state index contributed by atoms with van der Waals surface area (Å²) in [6.45, 7) is 5.70. The molecule has 0 heterocycles. The molecule has 0 amide bonds. The first-order valence-electron chi connectivity index (χ1n) is 8.96. The smallest absolute Gasteiger partial charge is 0.339 e. The minimum absolute atomic E-state index is 0.183. The molecule has 2 rings (SSSR count). The van der Waals surface area contributed by atoms with Crippen LogP contribution in [0.1, 0.15) is 31.9 Å². The Morgan fingerprint density at radius 2 is 1.33 bits per heavy atom. The Morgan fingerprint density at radius 1 is 0.815 bits per heavy atom. The van der Waals surface area contributed by atoms with Crippen molar-refractivity contribution in [2.24, 2.45) is 0 Å². The highest BCUT2D eigenvalue weighted by Crippen LogP contribution is 2.27. The van der Waals surface area contributed by atoms with Gasteiger partial charge in [-0.05, 0) is 43.5 Å². The quantitative estimate of drug-likeness (QED) is 0.407. The second-order valence-electron chi connectivity index (χ2n) is 5.78. The topological polar surface area (TPSA) is 52.6 Å². The summed E-state index contributed by atoms with van der Waals surface area (Å²) >= 11 is 0. The van der Waals surface area contributed by atoms with Crippen LogP contribution in [0.25, 0.3) is 11.6 Å². The standard InChI is InChI=1S/C23H24O4/c1-4-26-22(24)20(16-18-12-8-6-9-13-18)21(23(25)27-5-2)17(3)19-14-10-7-11-15-19/h6-16H,4-5H2,1-3H3/b20-16-,21-17-. The van der Waals surface area contributed by atoms with E-state index >= 15 is 0 Å². The Labute approximate surface area is 160 Å². The summed E-state index contributed by atoms with van der Waals surface area (Å²) in [5.74, 6) is -1.10. The molecular weight excluding hydrogens is 340 g/mol. The average molecular weight is 364 g/mol. The molecule has 4 heteroatoms.